The van der Waals surface area contributed by atoms with Crippen LogP contribution < -0.4 is 5.32 Å². The first kappa shape index (κ1) is 11.2. The number of carbonyl (C=O) groups excluding carboxylic acids is 1. The molecule has 1 aliphatic rings. The molecule has 0 saturated heterocycles. The zero-order chi connectivity index (χ0) is 10.2. The molecular weight excluding hydrogens is 178 g/mol. The van der Waals surface area contributed by atoms with Crippen LogP contribution in [0.5, 0.6) is 0 Å². The van der Waals surface area contributed by atoms with Crippen LogP contribution in [0.2, 0.25) is 0 Å². The topological polar surface area (TPSA) is 38.3 Å². The molecule has 0 aromatic rings. The molecule has 1 saturated carbocycles. The minimum Gasteiger partial charge on any atom is -0.378 e. The molecule has 1 N–H and O–H groups in total. The minimum atomic E-state index is -0.0927. The monoisotopic (exact) mass is 197 g/mol. The first-order chi connectivity index (χ1) is 6.83. The summed E-state index contributed by atoms with van der Waals surface area (Å²) in [4.78, 5) is 10.7. The van der Waals surface area contributed by atoms with Gasteiger partial charge in [-0.25, -0.2) is 0 Å². The van der Waals surface area contributed by atoms with Crippen molar-refractivity contribution in [1.82, 2.24) is 5.32 Å². The van der Waals surface area contributed by atoms with E-state index in [9.17, 15) is 4.79 Å². The Balaban J connectivity index is 1.79. The lowest BCUT2D eigenvalue weighted by atomic mass is 9.96. The number of amides is 1. The second-order valence-corrected chi connectivity index (χ2v) is 3.63. The van der Waals surface area contributed by atoms with Gasteiger partial charge in [0, 0.05) is 13.2 Å². The molecule has 80 valence electrons. The molecule has 0 aromatic carbocycles. The highest BCUT2D eigenvalue weighted by Gasteiger charge is 2.16. The van der Waals surface area contributed by atoms with Crippen LogP contribution in [-0.4, -0.2) is 25.2 Å². The summed E-state index contributed by atoms with van der Waals surface area (Å²) in [6, 6.07) is 0. The Kier molecular flexibility index (Phi) is 5.30. The first-order valence-electron chi connectivity index (χ1n) is 5.35. The summed E-state index contributed by atoms with van der Waals surface area (Å²) in [5.41, 5.74) is 0. The minimum absolute atomic E-state index is 0.0927. The second kappa shape index (κ2) is 6.60. The van der Waals surface area contributed by atoms with E-state index in [1.807, 2.05) is 0 Å². The molecule has 0 radical (unpaired) electrons. The predicted octanol–water partition coefficient (Wildman–Crippen LogP) is 1.64. The van der Waals surface area contributed by atoms with Crippen molar-refractivity contribution >= 4 is 5.91 Å². The van der Waals surface area contributed by atoms with E-state index in [0.717, 1.165) is 26.0 Å². The highest BCUT2D eigenvalue weighted by molar-refractivity contribution is 5.86. The third-order valence-electron chi connectivity index (χ3n) is 2.46. The van der Waals surface area contributed by atoms with E-state index in [1.54, 1.807) is 0 Å². The van der Waals surface area contributed by atoms with Crippen molar-refractivity contribution in [1.29, 1.82) is 0 Å². The summed E-state index contributed by atoms with van der Waals surface area (Å²) < 4.78 is 5.58. The zero-order valence-corrected chi connectivity index (χ0v) is 8.63. The summed E-state index contributed by atoms with van der Waals surface area (Å²) in [7, 11) is 0. The van der Waals surface area contributed by atoms with E-state index in [0.29, 0.717) is 6.10 Å². The van der Waals surface area contributed by atoms with E-state index >= 15 is 0 Å². The Labute approximate surface area is 85.5 Å². The van der Waals surface area contributed by atoms with Gasteiger partial charge in [-0.1, -0.05) is 6.58 Å². The molecule has 3 nitrogen and oxygen atoms in total. The van der Waals surface area contributed by atoms with Crippen LogP contribution in [0.1, 0.15) is 32.1 Å². The molecule has 1 aliphatic carbocycles. The summed E-state index contributed by atoms with van der Waals surface area (Å²) in [5, 5.41) is 2.74. The molecule has 0 aromatic heterocycles. The van der Waals surface area contributed by atoms with Gasteiger partial charge in [-0.2, -0.15) is 0 Å². The highest BCUT2D eigenvalue weighted by atomic mass is 16.5. The number of carbonyl (C=O) groups is 1. The number of ether oxygens (including phenoxy) is 1. The van der Waals surface area contributed by atoms with Gasteiger partial charge < -0.3 is 10.1 Å². The third-order valence-corrected chi connectivity index (χ3v) is 2.46. The van der Waals surface area contributed by atoms with Crippen LogP contribution in [0, 0.1) is 0 Å². The standard InChI is InChI=1S/C11H19NO2/c1-2-11(13)12-8-3-4-9-14-10-6-5-7-10/h2,10H,1,3-9H2,(H,12,13). The number of hydrogen-bond donors (Lipinski definition) is 1. The van der Waals surface area contributed by atoms with Gasteiger partial charge in [0.1, 0.15) is 0 Å². The van der Waals surface area contributed by atoms with Crippen LogP contribution in [0.15, 0.2) is 12.7 Å². The number of nitrogens with one attached hydrogen (secondary N) is 1. The first-order valence-corrected chi connectivity index (χ1v) is 5.35. The molecule has 0 aliphatic heterocycles. The molecular formula is C11H19NO2. The van der Waals surface area contributed by atoms with E-state index in [1.165, 1.54) is 25.3 Å². The maximum absolute atomic E-state index is 10.7. The second-order valence-electron chi connectivity index (χ2n) is 3.63. The van der Waals surface area contributed by atoms with Crippen LogP contribution in [-0.2, 0) is 9.53 Å². The summed E-state index contributed by atoms with van der Waals surface area (Å²) in [6.07, 6.45) is 7.60. The largest absolute Gasteiger partial charge is 0.378 e. The molecule has 14 heavy (non-hydrogen) atoms. The molecule has 1 rings (SSSR count). The lowest BCUT2D eigenvalue weighted by Crippen LogP contribution is -2.24. The zero-order valence-electron chi connectivity index (χ0n) is 8.63. The van der Waals surface area contributed by atoms with Crippen molar-refractivity contribution in [2.45, 2.75) is 38.2 Å². The van der Waals surface area contributed by atoms with Crippen LogP contribution in [0.4, 0.5) is 0 Å². The van der Waals surface area contributed by atoms with Crippen LogP contribution in [0.3, 0.4) is 0 Å². The third kappa shape index (κ3) is 4.42. The van der Waals surface area contributed by atoms with Gasteiger partial charge in [0.15, 0.2) is 0 Å². The number of unbranched alkanes of at least 4 members (excludes halogenated alkanes) is 1. The summed E-state index contributed by atoms with van der Waals surface area (Å²) >= 11 is 0. The fourth-order valence-electron chi connectivity index (χ4n) is 1.30. The highest BCUT2D eigenvalue weighted by Crippen LogP contribution is 2.21. The van der Waals surface area contributed by atoms with Gasteiger partial charge in [0.05, 0.1) is 6.10 Å². The fourth-order valence-corrected chi connectivity index (χ4v) is 1.30. The lowest BCUT2D eigenvalue weighted by Gasteiger charge is -2.25. The molecule has 1 fully saturated rings. The van der Waals surface area contributed by atoms with E-state index in [2.05, 4.69) is 11.9 Å². The SMILES string of the molecule is C=CC(=O)NCCCCOC1CCC1. The summed E-state index contributed by atoms with van der Waals surface area (Å²) in [6.45, 7) is 4.93. The Morgan fingerprint density at radius 3 is 2.86 bits per heavy atom. The molecule has 1 amide bonds. The molecule has 0 bridgehead atoms. The average molecular weight is 197 g/mol. The summed E-state index contributed by atoms with van der Waals surface area (Å²) in [5.74, 6) is -0.0927. The van der Waals surface area contributed by atoms with E-state index in [4.69, 9.17) is 4.74 Å². The molecule has 3 heteroatoms. The normalized spacial score (nSPS) is 16.0. The van der Waals surface area contributed by atoms with Crippen LogP contribution >= 0.6 is 0 Å². The van der Waals surface area contributed by atoms with Crippen molar-refractivity contribution in [3.8, 4) is 0 Å². The van der Waals surface area contributed by atoms with Crippen molar-refractivity contribution in [3.63, 3.8) is 0 Å². The maximum Gasteiger partial charge on any atom is 0.243 e. The smallest absolute Gasteiger partial charge is 0.243 e. The number of rotatable bonds is 7. The maximum atomic E-state index is 10.7. The molecule has 0 atom stereocenters. The molecule has 0 heterocycles. The van der Waals surface area contributed by atoms with Crippen LogP contribution in [0.25, 0.3) is 0 Å². The van der Waals surface area contributed by atoms with Gasteiger partial charge in [-0.3, -0.25) is 4.79 Å². The van der Waals surface area contributed by atoms with E-state index in [-0.39, 0.29) is 5.91 Å². The van der Waals surface area contributed by atoms with Gasteiger partial charge in [0.25, 0.3) is 0 Å². The van der Waals surface area contributed by atoms with E-state index < -0.39 is 0 Å². The van der Waals surface area contributed by atoms with Crippen molar-refractivity contribution in [2.75, 3.05) is 13.2 Å². The molecule has 0 spiro atoms. The Morgan fingerprint density at radius 2 is 2.29 bits per heavy atom. The van der Waals surface area contributed by atoms with Crippen molar-refractivity contribution < 1.29 is 9.53 Å². The Hall–Kier alpha value is -0.830. The van der Waals surface area contributed by atoms with Gasteiger partial charge in [0.2, 0.25) is 5.91 Å². The Morgan fingerprint density at radius 1 is 1.50 bits per heavy atom. The quantitative estimate of drug-likeness (QED) is 0.497. The Bertz CT molecular complexity index is 188. The van der Waals surface area contributed by atoms with Crippen molar-refractivity contribution in [2.24, 2.45) is 0 Å². The lowest BCUT2D eigenvalue weighted by molar-refractivity contribution is -0.116. The van der Waals surface area contributed by atoms with Gasteiger partial charge in [-0.15, -0.1) is 0 Å². The number of hydrogen-bond acceptors (Lipinski definition) is 2. The average Bonchev–Trinajstić information content (AvgIpc) is 2.13. The van der Waals surface area contributed by atoms with Gasteiger partial charge in [-0.05, 0) is 38.2 Å². The fraction of sp³-hybridized carbons (Fsp3) is 0.727. The van der Waals surface area contributed by atoms with Gasteiger partial charge >= 0.3 is 0 Å². The molecule has 0 unspecified atom stereocenters. The predicted molar refractivity (Wildman–Crippen MR) is 56.0 cm³/mol. The van der Waals surface area contributed by atoms with Crippen molar-refractivity contribution in [3.05, 3.63) is 12.7 Å².